The van der Waals surface area contributed by atoms with Crippen LogP contribution in [0.25, 0.3) is 11.0 Å². The molecule has 0 saturated carbocycles. The Kier molecular flexibility index (Phi) is 4.36. The minimum Gasteiger partial charge on any atom is -0.459 e. The van der Waals surface area contributed by atoms with Gasteiger partial charge in [0.25, 0.3) is 0 Å². The number of rotatable bonds is 2. The van der Waals surface area contributed by atoms with Crippen LogP contribution in [0.4, 0.5) is 4.39 Å². The number of ether oxygens (including phenoxy) is 1. The minimum atomic E-state index is -3.85. The maximum absolute atomic E-state index is 13.6. The van der Waals surface area contributed by atoms with E-state index in [-0.39, 0.29) is 20.7 Å². The van der Waals surface area contributed by atoms with Crippen molar-refractivity contribution < 1.29 is 22.0 Å². The van der Waals surface area contributed by atoms with Gasteiger partial charge in [0.05, 0.1) is 15.3 Å². The molecule has 0 aliphatic carbocycles. The van der Waals surface area contributed by atoms with Gasteiger partial charge in [0.2, 0.25) is 9.84 Å². The lowest BCUT2D eigenvalue weighted by molar-refractivity contribution is 0.0201. The highest BCUT2D eigenvalue weighted by Gasteiger charge is 2.47. The van der Waals surface area contributed by atoms with E-state index >= 15 is 0 Å². The Morgan fingerprint density at radius 3 is 2.50 bits per heavy atom. The van der Waals surface area contributed by atoms with Crippen molar-refractivity contribution in [3.05, 3.63) is 59.6 Å². The monoisotopic (exact) mass is 429 g/mol. The Hall–Kier alpha value is -2.22. The zero-order valence-electron chi connectivity index (χ0n) is 17.0. The molecule has 0 atom stereocenters. The van der Waals surface area contributed by atoms with Crippen LogP contribution in [0.2, 0.25) is 0 Å². The molecule has 2 aliphatic heterocycles. The molecule has 30 heavy (non-hydrogen) atoms. The normalized spacial score (nSPS) is 20.4. The Balaban J connectivity index is 1.69. The lowest BCUT2D eigenvalue weighted by Gasteiger charge is -2.45. The lowest BCUT2D eigenvalue weighted by Crippen LogP contribution is -2.55. The molecule has 5 nitrogen and oxygen atoms in total. The molecule has 3 heterocycles. The molecule has 0 radical (unpaired) electrons. The number of hydrogen-bond acceptors (Lipinski definition) is 5. The van der Waals surface area contributed by atoms with E-state index in [1.807, 2.05) is 6.07 Å². The van der Waals surface area contributed by atoms with Gasteiger partial charge in [0.1, 0.15) is 17.2 Å². The van der Waals surface area contributed by atoms with Gasteiger partial charge in [-0.25, -0.2) is 12.8 Å². The largest absolute Gasteiger partial charge is 0.459 e. The van der Waals surface area contributed by atoms with Crippen molar-refractivity contribution in [3.63, 3.8) is 0 Å². The molecule has 1 fully saturated rings. The van der Waals surface area contributed by atoms with E-state index in [1.165, 1.54) is 18.2 Å². The Morgan fingerprint density at radius 2 is 1.77 bits per heavy atom. The number of nitrogens with one attached hydrogen (secondary N) is 1. The second-order valence-electron chi connectivity index (χ2n) is 8.86. The summed E-state index contributed by atoms with van der Waals surface area (Å²) in [4.78, 5) is 0.0274. The van der Waals surface area contributed by atoms with E-state index in [4.69, 9.17) is 9.15 Å². The zero-order valence-corrected chi connectivity index (χ0v) is 17.8. The summed E-state index contributed by atoms with van der Waals surface area (Å²) in [5.74, 6) is 0.303. The predicted octanol–water partition coefficient (Wildman–Crippen LogP) is 4.29. The highest BCUT2D eigenvalue weighted by Crippen LogP contribution is 2.47. The van der Waals surface area contributed by atoms with Crippen LogP contribution in [0.5, 0.6) is 0 Å². The molecule has 1 spiro atoms. The summed E-state index contributed by atoms with van der Waals surface area (Å²) in [5, 5.41) is 4.62. The van der Waals surface area contributed by atoms with Gasteiger partial charge in [0, 0.05) is 42.2 Å². The third kappa shape index (κ3) is 2.91. The number of furan rings is 1. The van der Waals surface area contributed by atoms with Gasteiger partial charge in [-0.15, -0.1) is 0 Å². The fourth-order valence-corrected chi connectivity index (χ4v) is 6.01. The molecule has 1 saturated heterocycles. The summed E-state index contributed by atoms with van der Waals surface area (Å²) < 4.78 is 51.7. The van der Waals surface area contributed by atoms with Crippen LogP contribution in [-0.4, -0.2) is 28.2 Å². The third-order valence-corrected chi connectivity index (χ3v) is 8.15. The molecule has 5 rings (SSSR count). The molecule has 7 heteroatoms. The fraction of sp³-hybridized carbons (Fsp3) is 0.391. The smallest absolute Gasteiger partial charge is 0.206 e. The van der Waals surface area contributed by atoms with Crippen LogP contribution in [0.15, 0.2) is 56.7 Å². The van der Waals surface area contributed by atoms with E-state index in [0.29, 0.717) is 18.8 Å². The highest BCUT2D eigenvalue weighted by atomic mass is 32.2. The number of benzene rings is 2. The van der Waals surface area contributed by atoms with Crippen molar-refractivity contribution in [2.45, 2.75) is 47.4 Å². The third-order valence-electron chi connectivity index (χ3n) is 6.40. The van der Waals surface area contributed by atoms with Crippen LogP contribution in [0, 0.1) is 5.82 Å². The fourth-order valence-electron chi connectivity index (χ4n) is 4.71. The van der Waals surface area contributed by atoms with Crippen molar-refractivity contribution in [2.75, 3.05) is 19.8 Å². The number of halogens is 1. The predicted molar refractivity (Wildman–Crippen MR) is 111 cm³/mol. The quantitative estimate of drug-likeness (QED) is 0.658. The van der Waals surface area contributed by atoms with Gasteiger partial charge in [-0.05, 0) is 43.2 Å². The second-order valence-corrected chi connectivity index (χ2v) is 10.8. The highest BCUT2D eigenvalue weighted by molar-refractivity contribution is 7.91. The molecule has 2 aromatic carbocycles. The van der Waals surface area contributed by atoms with Gasteiger partial charge in [-0.2, -0.15) is 0 Å². The molecular formula is C23H24FNO4S. The molecule has 0 unspecified atom stereocenters. The average molecular weight is 430 g/mol. The topological polar surface area (TPSA) is 68.5 Å². The van der Waals surface area contributed by atoms with Gasteiger partial charge < -0.3 is 14.5 Å². The summed E-state index contributed by atoms with van der Waals surface area (Å²) in [6, 6.07) is 10.0. The first kappa shape index (κ1) is 19.7. The van der Waals surface area contributed by atoms with Gasteiger partial charge >= 0.3 is 0 Å². The molecule has 1 aromatic heterocycles. The minimum absolute atomic E-state index is 0.0685. The van der Waals surface area contributed by atoms with E-state index in [0.717, 1.165) is 42.2 Å². The van der Waals surface area contributed by atoms with Gasteiger partial charge in [-0.3, -0.25) is 0 Å². The van der Waals surface area contributed by atoms with E-state index in [9.17, 15) is 12.8 Å². The van der Waals surface area contributed by atoms with E-state index < -0.39 is 15.7 Å². The van der Waals surface area contributed by atoms with Crippen molar-refractivity contribution in [3.8, 4) is 0 Å². The zero-order chi connectivity index (χ0) is 21.1. The molecule has 2 aliphatic rings. The van der Waals surface area contributed by atoms with Gasteiger partial charge in [0.15, 0.2) is 0 Å². The number of hydrogen-bond donors (Lipinski definition) is 1. The van der Waals surface area contributed by atoms with Crippen molar-refractivity contribution in [2.24, 2.45) is 0 Å². The van der Waals surface area contributed by atoms with E-state index in [1.54, 1.807) is 12.1 Å². The molecule has 3 aromatic rings. The van der Waals surface area contributed by atoms with Crippen LogP contribution < -0.4 is 5.32 Å². The lowest BCUT2D eigenvalue weighted by atomic mass is 9.72. The SMILES string of the molecule is CC1(C)CNC2(CCOCC2)c2oc3cc(S(=O)(=O)c4cccc(F)c4)ccc3c21. The summed E-state index contributed by atoms with van der Waals surface area (Å²) in [6.45, 7) is 6.44. The van der Waals surface area contributed by atoms with Crippen LogP contribution in [0.3, 0.4) is 0 Å². The standard InChI is InChI=1S/C23H24FNO4S/c1-22(2)14-25-23(8-10-28-11-9-23)21-20(22)18-7-6-17(13-19(18)29-21)30(26,27)16-5-3-4-15(24)12-16/h3-7,12-13,25H,8-11,14H2,1-2H3. The summed E-state index contributed by atoms with van der Waals surface area (Å²) in [7, 11) is -3.85. The molecule has 158 valence electrons. The Bertz CT molecular complexity index is 1240. The first-order valence-corrected chi connectivity index (χ1v) is 11.6. The maximum Gasteiger partial charge on any atom is 0.206 e. The molecule has 0 bridgehead atoms. The van der Waals surface area contributed by atoms with Crippen LogP contribution in [-0.2, 0) is 25.5 Å². The van der Waals surface area contributed by atoms with E-state index in [2.05, 4.69) is 19.2 Å². The van der Waals surface area contributed by atoms with Crippen molar-refractivity contribution in [1.82, 2.24) is 5.32 Å². The average Bonchev–Trinajstić information content (AvgIpc) is 3.13. The summed E-state index contributed by atoms with van der Waals surface area (Å²) in [6.07, 6.45) is 1.62. The van der Waals surface area contributed by atoms with Crippen molar-refractivity contribution in [1.29, 1.82) is 0 Å². The van der Waals surface area contributed by atoms with Gasteiger partial charge in [-0.1, -0.05) is 19.9 Å². The molecule has 0 amide bonds. The van der Waals surface area contributed by atoms with Crippen LogP contribution in [0.1, 0.15) is 38.0 Å². The first-order valence-electron chi connectivity index (χ1n) is 10.1. The summed E-state index contributed by atoms with van der Waals surface area (Å²) in [5.41, 5.74) is 1.23. The first-order chi connectivity index (χ1) is 14.2. The maximum atomic E-state index is 13.6. The van der Waals surface area contributed by atoms with Crippen molar-refractivity contribution >= 4 is 20.8 Å². The van der Waals surface area contributed by atoms with Crippen LogP contribution >= 0.6 is 0 Å². The summed E-state index contributed by atoms with van der Waals surface area (Å²) >= 11 is 0. The Labute approximate surface area is 175 Å². The second kappa shape index (κ2) is 6.64. The molecule has 1 N–H and O–H groups in total. The molecular weight excluding hydrogens is 405 g/mol. The number of sulfone groups is 1. The Morgan fingerprint density at radius 1 is 1.03 bits per heavy atom. The number of fused-ring (bicyclic) bond motifs is 4.